The second-order valence-electron chi connectivity index (χ2n) is 2.81. The lowest BCUT2D eigenvalue weighted by Crippen LogP contribution is -2.09. The van der Waals surface area contributed by atoms with E-state index in [1.54, 1.807) is 0 Å². The molecule has 0 saturated carbocycles. The minimum Gasteiger partial charge on any atom is -0.465 e. The standard InChI is InChI=1S/C10H6F3NO3/c1-16-9(15)7-3-6(17-10(12)13)2-5(4-14)8(7)11/h2-3,10H,1H3. The molecule has 0 atom stereocenters. The predicted molar refractivity (Wildman–Crippen MR) is 49.1 cm³/mol. The van der Waals surface area contributed by atoms with Gasteiger partial charge in [-0.25, -0.2) is 9.18 Å². The summed E-state index contributed by atoms with van der Waals surface area (Å²) in [6.45, 7) is -3.14. The predicted octanol–water partition coefficient (Wildman–Crippen LogP) is 2.09. The highest BCUT2D eigenvalue weighted by Gasteiger charge is 2.19. The third-order valence-electron chi connectivity index (χ3n) is 1.80. The maximum atomic E-state index is 13.5. The maximum Gasteiger partial charge on any atom is 0.387 e. The molecule has 90 valence electrons. The zero-order valence-electron chi connectivity index (χ0n) is 8.54. The van der Waals surface area contributed by atoms with E-state index in [9.17, 15) is 18.0 Å². The summed E-state index contributed by atoms with van der Waals surface area (Å²) in [5.41, 5.74) is -1.22. The van der Waals surface area contributed by atoms with Crippen LogP contribution in [-0.4, -0.2) is 19.7 Å². The molecule has 1 aromatic carbocycles. The minimum atomic E-state index is -3.14. The Morgan fingerprint density at radius 1 is 1.47 bits per heavy atom. The van der Waals surface area contributed by atoms with E-state index in [1.165, 1.54) is 6.07 Å². The molecule has 0 aliphatic carbocycles. The largest absolute Gasteiger partial charge is 0.465 e. The first-order valence-electron chi connectivity index (χ1n) is 4.26. The van der Waals surface area contributed by atoms with Gasteiger partial charge in [-0.3, -0.25) is 0 Å². The molecule has 17 heavy (non-hydrogen) atoms. The molecule has 0 N–H and O–H groups in total. The Kier molecular flexibility index (Phi) is 3.93. The van der Waals surface area contributed by atoms with Gasteiger partial charge >= 0.3 is 12.6 Å². The molecule has 1 rings (SSSR count). The number of esters is 1. The van der Waals surface area contributed by atoms with E-state index < -0.39 is 35.3 Å². The highest BCUT2D eigenvalue weighted by molar-refractivity contribution is 5.90. The van der Waals surface area contributed by atoms with Crippen molar-refractivity contribution in [2.24, 2.45) is 0 Å². The van der Waals surface area contributed by atoms with Crippen molar-refractivity contribution in [1.29, 1.82) is 5.26 Å². The molecule has 0 saturated heterocycles. The number of carbonyl (C=O) groups excluding carboxylic acids is 1. The lowest BCUT2D eigenvalue weighted by molar-refractivity contribution is -0.0499. The number of nitriles is 1. The first kappa shape index (κ1) is 12.8. The van der Waals surface area contributed by atoms with Crippen LogP contribution < -0.4 is 4.74 Å². The molecule has 0 bridgehead atoms. The number of alkyl halides is 2. The SMILES string of the molecule is COC(=O)c1cc(OC(F)F)cc(C#N)c1F. The molecule has 0 radical (unpaired) electrons. The molecule has 0 aliphatic rings. The van der Waals surface area contributed by atoms with E-state index >= 15 is 0 Å². The van der Waals surface area contributed by atoms with E-state index in [2.05, 4.69) is 9.47 Å². The fourth-order valence-corrected chi connectivity index (χ4v) is 1.11. The van der Waals surface area contributed by atoms with Gasteiger partial charge in [-0.05, 0) is 6.07 Å². The number of methoxy groups -OCH3 is 1. The van der Waals surface area contributed by atoms with Crippen LogP contribution in [0.3, 0.4) is 0 Å². The zero-order valence-corrected chi connectivity index (χ0v) is 8.54. The van der Waals surface area contributed by atoms with Gasteiger partial charge in [0.05, 0.1) is 12.7 Å². The number of hydrogen-bond acceptors (Lipinski definition) is 4. The lowest BCUT2D eigenvalue weighted by atomic mass is 10.1. The van der Waals surface area contributed by atoms with Crippen molar-refractivity contribution in [3.8, 4) is 11.8 Å². The Morgan fingerprint density at radius 2 is 2.12 bits per heavy atom. The number of ether oxygens (including phenoxy) is 2. The van der Waals surface area contributed by atoms with Gasteiger partial charge in [0, 0.05) is 6.07 Å². The number of halogens is 3. The molecule has 0 heterocycles. The van der Waals surface area contributed by atoms with Gasteiger partial charge in [0.1, 0.15) is 17.4 Å². The fraction of sp³-hybridized carbons (Fsp3) is 0.200. The quantitative estimate of drug-likeness (QED) is 0.765. The summed E-state index contributed by atoms with van der Waals surface area (Å²) in [5, 5.41) is 8.57. The Bertz CT molecular complexity index is 482. The summed E-state index contributed by atoms with van der Waals surface area (Å²) in [4.78, 5) is 11.1. The van der Waals surface area contributed by atoms with Crippen molar-refractivity contribution in [3.05, 3.63) is 29.1 Å². The monoisotopic (exact) mass is 245 g/mol. The van der Waals surface area contributed by atoms with Crippen LogP contribution in [0.4, 0.5) is 13.2 Å². The number of rotatable bonds is 3. The Morgan fingerprint density at radius 3 is 2.59 bits per heavy atom. The first-order chi connectivity index (χ1) is 7.99. The average Bonchev–Trinajstić information content (AvgIpc) is 2.29. The molecular formula is C10H6F3NO3. The average molecular weight is 245 g/mol. The molecule has 0 spiro atoms. The molecule has 0 fully saturated rings. The number of benzene rings is 1. The summed E-state index contributed by atoms with van der Waals surface area (Å²) in [5.74, 6) is -2.71. The van der Waals surface area contributed by atoms with Gasteiger partial charge in [-0.15, -0.1) is 0 Å². The van der Waals surface area contributed by atoms with Gasteiger partial charge in [-0.1, -0.05) is 0 Å². The first-order valence-corrected chi connectivity index (χ1v) is 4.26. The molecule has 0 aromatic heterocycles. The van der Waals surface area contributed by atoms with Crippen molar-refractivity contribution in [1.82, 2.24) is 0 Å². The van der Waals surface area contributed by atoms with Crippen molar-refractivity contribution in [3.63, 3.8) is 0 Å². The Hall–Kier alpha value is -2.23. The molecule has 0 amide bonds. The van der Waals surface area contributed by atoms with Crippen molar-refractivity contribution in [2.45, 2.75) is 6.61 Å². The zero-order chi connectivity index (χ0) is 13.0. The lowest BCUT2D eigenvalue weighted by Gasteiger charge is -2.08. The van der Waals surface area contributed by atoms with Crippen LogP contribution in [0.1, 0.15) is 15.9 Å². The van der Waals surface area contributed by atoms with E-state index in [0.29, 0.717) is 0 Å². The summed E-state index contributed by atoms with van der Waals surface area (Å²) >= 11 is 0. The van der Waals surface area contributed by atoms with Crippen LogP contribution in [0.25, 0.3) is 0 Å². The maximum absolute atomic E-state index is 13.5. The van der Waals surface area contributed by atoms with Gasteiger partial charge < -0.3 is 9.47 Å². The summed E-state index contributed by atoms with van der Waals surface area (Å²) in [6, 6.07) is 2.94. The van der Waals surface area contributed by atoms with Crippen LogP contribution in [0.2, 0.25) is 0 Å². The van der Waals surface area contributed by atoms with E-state index in [0.717, 1.165) is 19.2 Å². The van der Waals surface area contributed by atoms with Gasteiger partial charge in [0.15, 0.2) is 5.82 Å². The van der Waals surface area contributed by atoms with Crippen LogP contribution in [0, 0.1) is 17.1 Å². The molecule has 0 unspecified atom stereocenters. The molecule has 1 aromatic rings. The number of carbonyl (C=O) groups is 1. The van der Waals surface area contributed by atoms with Crippen molar-refractivity contribution < 1.29 is 27.4 Å². The van der Waals surface area contributed by atoms with E-state index in [1.807, 2.05) is 0 Å². The topological polar surface area (TPSA) is 59.3 Å². The second kappa shape index (κ2) is 5.21. The molecular weight excluding hydrogens is 239 g/mol. The third-order valence-corrected chi connectivity index (χ3v) is 1.80. The van der Waals surface area contributed by atoms with Crippen LogP contribution in [0.15, 0.2) is 12.1 Å². The Balaban J connectivity index is 3.29. The summed E-state index contributed by atoms with van der Waals surface area (Å²) in [6.07, 6.45) is 0. The smallest absolute Gasteiger partial charge is 0.387 e. The summed E-state index contributed by atoms with van der Waals surface area (Å²) < 4.78 is 45.6. The minimum absolute atomic E-state index is 0.488. The van der Waals surface area contributed by atoms with Gasteiger partial charge in [-0.2, -0.15) is 14.0 Å². The van der Waals surface area contributed by atoms with Gasteiger partial charge in [0.25, 0.3) is 0 Å². The van der Waals surface area contributed by atoms with Crippen molar-refractivity contribution in [2.75, 3.05) is 7.11 Å². The van der Waals surface area contributed by atoms with Gasteiger partial charge in [0.2, 0.25) is 0 Å². The second-order valence-corrected chi connectivity index (χ2v) is 2.81. The van der Waals surface area contributed by atoms with E-state index in [4.69, 9.17) is 5.26 Å². The number of nitrogens with zero attached hydrogens (tertiary/aromatic N) is 1. The normalized spacial score (nSPS) is 9.88. The molecule has 7 heteroatoms. The van der Waals surface area contributed by atoms with E-state index in [-0.39, 0.29) is 0 Å². The molecule has 4 nitrogen and oxygen atoms in total. The Labute approximate surface area is 94.2 Å². The summed E-state index contributed by atoms with van der Waals surface area (Å²) in [7, 11) is 0.995. The van der Waals surface area contributed by atoms with Crippen LogP contribution >= 0.6 is 0 Å². The van der Waals surface area contributed by atoms with Crippen LogP contribution in [0.5, 0.6) is 5.75 Å². The molecule has 0 aliphatic heterocycles. The van der Waals surface area contributed by atoms with Crippen LogP contribution in [-0.2, 0) is 4.74 Å². The highest BCUT2D eigenvalue weighted by Crippen LogP contribution is 2.23. The highest BCUT2D eigenvalue weighted by atomic mass is 19.3. The third kappa shape index (κ3) is 2.87. The fourth-order valence-electron chi connectivity index (χ4n) is 1.11. The number of hydrogen-bond donors (Lipinski definition) is 0. The van der Waals surface area contributed by atoms with Crippen molar-refractivity contribution >= 4 is 5.97 Å².